The van der Waals surface area contributed by atoms with Gasteiger partial charge in [-0.15, -0.1) is 0 Å². The molecule has 5 nitrogen and oxygen atoms in total. The Morgan fingerprint density at radius 2 is 1.85 bits per heavy atom. The summed E-state index contributed by atoms with van der Waals surface area (Å²) in [4.78, 5) is 18.7. The first-order chi connectivity index (χ1) is 12.7. The number of aromatic nitrogens is 1. The Balaban J connectivity index is 1.37. The Morgan fingerprint density at radius 1 is 1.12 bits per heavy atom. The highest BCUT2D eigenvalue weighted by atomic mass is 16.5. The number of ether oxygens (including phenoxy) is 1. The molecule has 1 aromatic carbocycles. The predicted molar refractivity (Wildman–Crippen MR) is 103 cm³/mol. The van der Waals surface area contributed by atoms with E-state index in [1.54, 1.807) is 0 Å². The summed E-state index contributed by atoms with van der Waals surface area (Å²) in [5.74, 6) is 1.07. The van der Waals surface area contributed by atoms with E-state index < -0.39 is 0 Å². The number of anilines is 1. The highest BCUT2D eigenvalue weighted by molar-refractivity contribution is 5.75. The van der Waals surface area contributed by atoms with Crippen molar-refractivity contribution in [2.45, 2.75) is 32.7 Å². The zero-order valence-corrected chi connectivity index (χ0v) is 15.4. The maximum Gasteiger partial charge on any atom is 0.220 e. The molecule has 1 aliphatic rings. The van der Waals surface area contributed by atoms with E-state index in [1.165, 1.54) is 11.1 Å². The molecule has 0 saturated carbocycles. The molecule has 138 valence electrons. The largest absolute Gasteiger partial charge is 0.378 e. The molecule has 0 bridgehead atoms. The molecule has 5 heteroatoms. The van der Waals surface area contributed by atoms with E-state index in [9.17, 15) is 4.79 Å². The molecule has 1 N–H and O–H groups in total. The molecule has 26 heavy (non-hydrogen) atoms. The maximum atomic E-state index is 12.0. The fraction of sp³-hybridized carbons (Fsp3) is 0.429. The van der Waals surface area contributed by atoms with Crippen LogP contribution in [-0.4, -0.2) is 37.2 Å². The van der Waals surface area contributed by atoms with Gasteiger partial charge in [0, 0.05) is 32.3 Å². The molecule has 2 aromatic rings. The Bertz CT molecular complexity index is 692. The van der Waals surface area contributed by atoms with E-state index in [0.29, 0.717) is 13.0 Å². The molecule has 1 saturated heterocycles. The molecular formula is C21H27N3O2. The van der Waals surface area contributed by atoms with Crippen LogP contribution in [0.3, 0.4) is 0 Å². The predicted octanol–water partition coefficient (Wildman–Crippen LogP) is 2.87. The summed E-state index contributed by atoms with van der Waals surface area (Å²) in [6, 6.07) is 12.5. The summed E-state index contributed by atoms with van der Waals surface area (Å²) in [6.07, 6.45) is 4.19. The number of nitrogens with one attached hydrogen (secondary N) is 1. The number of carbonyl (C=O) groups excluding carboxylic acids is 1. The SMILES string of the molecule is Cc1ccc(CCCC(=O)NCc2ccc(N3CCOCC3)nc2)cc1. The third kappa shape index (κ3) is 5.56. The van der Waals surface area contributed by atoms with Crippen LogP contribution in [0.15, 0.2) is 42.6 Å². The van der Waals surface area contributed by atoms with Crippen molar-refractivity contribution in [1.29, 1.82) is 0 Å². The van der Waals surface area contributed by atoms with Crippen molar-refractivity contribution in [2.24, 2.45) is 0 Å². The van der Waals surface area contributed by atoms with Crippen LogP contribution < -0.4 is 10.2 Å². The summed E-state index contributed by atoms with van der Waals surface area (Å²) in [5.41, 5.74) is 3.57. The first kappa shape index (κ1) is 18.4. The van der Waals surface area contributed by atoms with E-state index in [4.69, 9.17) is 4.74 Å². The number of aryl methyl sites for hydroxylation is 2. The van der Waals surface area contributed by atoms with Crippen LogP contribution in [0.25, 0.3) is 0 Å². The van der Waals surface area contributed by atoms with Gasteiger partial charge < -0.3 is 15.0 Å². The van der Waals surface area contributed by atoms with Gasteiger partial charge in [-0.1, -0.05) is 35.9 Å². The quantitative estimate of drug-likeness (QED) is 0.832. The molecule has 0 spiro atoms. The van der Waals surface area contributed by atoms with Gasteiger partial charge in [0.2, 0.25) is 5.91 Å². The van der Waals surface area contributed by atoms with Gasteiger partial charge in [-0.05, 0) is 37.0 Å². The summed E-state index contributed by atoms with van der Waals surface area (Å²) in [6.45, 7) is 5.87. The summed E-state index contributed by atoms with van der Waals surface area (Å²) < 4.78 is 5.36. The highest BCUT2D eigenvalue weighted by Gasteiger charge is 2.12. The van der Waals surface area contributed by atoms with E-state index in [-0.39, 0.29) is 5.91 Å². The lowest BCUT2D eigenvalue weighted by molar-refractivity contribution is -0.121. The van der Waals surface area contributed by atoms with Gasteiger partial charge in [-0.3, -0.25) is 4.79 Å². The van der Waals surface area contributed by atoms with Crippen molar-refractivity contribution < 1.29 is 9.53 Å². The van der Waals surface area contributed by atoms with Gasteiger partial charge in [-0.25, -0.2) is 4.98 Å². The van der Waals surface area contributed by atoms with Crippen molar-refractivity contribution in [3.05, 3.63) is 59.3 Å². The van der Waals surface area contributed by atoms with Gasteiger partial charge >= 0.3 is 0 Å². The third-order valence-corrected chi connectivity index (χ3v) is 4.62. The van der Waals surface area contributed by atoms with Crippen LogP contribution in [0.2, 0.25) is 0 Å². The minimum atomic E-state index is 0.0920. The number of nitrogens with zero attached hydrogens (tertiary/aromatic N) is 2. The number of hydrogen-bond acceptors (Lipinski definition) is 4. The Labute approximate surface area is 155 Å². The molecule has 3 rings (SSSR count). The van der Waals surface area contributed by atoms with E-state index >= 15 is 0 Å². The van der Waals surface area contributed by atoms with Crippen LogP contribution in [0.5, 0.6) is 0 Å². The van der Waals surface area contributed by atoms with Crippen molar-refractivity contribution >= 4 is 11.7 Å². The average molecular weight is 353 g/mol. The van der Waals surface area contributed by atoms with Crippen molar-refractivity contribution in [1.82, 2.24) is 10.3 Å². The van der Waals surface area contributed by atoms with Crippen molar-refractivity contribution in [2.75, 3.05) is 31.2 Å². The van der Waals surface area contributed by atoms with E-state index in [2.05, 4.69) is 46.4 Å². The number of pyridine rings is 1. The summed E-state index contributed by atoms with van der Waals surface area (Å²) >= 11 is 0. The molecule has 2 heterocycles. The lowest BCUT2D eigenvalue weighted by atomic mass is 10.1. The van der Waals surface area contributed by atoms with Crippen molar-refractivity contribution in [3.63, 3.8) is 0 Å². The minimum absolute atomic E-state index is 0.0920. The zero-order valence-electron chi connectivity index (χ0n) is 15.4. The van der Waals surface area contributed by atoms with Gasteiger partial charge in [0.15, 0.2) is 0 Å². The molecule has 1 aromatic heterocycles. The van der Waals surface area contributed by atoms with Crippen LogP contribution in [0.4, 0.5) is 5.82 Å². The van der Waals surface area contributed by atoms with Gasteiger partial charge in [0.1, 0.15) is 5.82 Å². The molecule has 0 radical (unpaired) electrons. The summed E-state index contributed by atoms with van der Waals surface area (Å²) in [7, 11) is 0. The topological polar surface area (TPSA) is 54.5 Å². The molecule has 0 aliphatic carbocycles. The molecule has 0 unspecified atom stereocenters. The molecule has 1 aliphatic heterocycles. The smallest absolute Gasteiger partial charge is 0.220 e. The first-order valence-corrected chi connectivity index (χ1v) is 9.30. The lowest BCUT2D eigenvalue weighted by Gasteiger charge is -2.27. The lowest BCUT2D eigenvalue weighted by Crippen LogP contribution is -2.36. The number of benzene rings is 1. The van der Waals surface area contributed by atoms with Crippen LogP contribution in [0, 0.1) is 6.92 Å². The second kappa shape index (κ2) is 9.34. The first-order valence-electron chi connectivity index (χ1n) is 9.30. The monoisotopic (exact) mass is 353 g/mol. The molecular weight excluding hydrogens is 326 g/mol. The maximum absolute atomic E-state index is 12.0. The highest BCUT2D eigenvalue weighted by Crippen LogP contribution is 2.13. The van der Waals surface area contributed by atoms with Gasteiger partial charge in [0.25, 0.3) is 0 Å². The standard InChI is InChI=1S/C21H27N3O2/c1-17-5-7-18(8-6-17)3-2-4-21(25)23-16-19-9-10-20(22-15-19)24-11-13-26-14-12-24/h5-10,15H,2-4,11-14,16H2,1H3,(H,23,25). The van der Waals surface area contributed by atoms with Gasteiger partial charge in [-0.2, -0.15) is 0 Å². The van der Waals surface area contributed by atoms with Gasteiger partial charge in [0.05, 0.1) is 13.2 Å². The molecule has 0 atom stereocenters. The average Bonchev–Trinajstić information content (AvgIpc) is 2.69. The van der Waals surface area contributed by atoms with E-state index in [0.717, 1.165) is 50.5 Å². The molecule has 1 fully saturated rings. The zero-order chi connectivity index (χ0) is 18.2. The number of rotatable bonds is 7. The Morgan fingerprint density at radius 3 is 2.54 bits per heavy atom. The Kier molecular flexibility index (Phi) is 6.61. The number of amides is 1. The number of carbonyl (C=O) groups is 1. The normalized spacial score (nSPS) is 14.3. The minimum Gasteiger partial charge on any atom is -0.378 e. The van der Waals surface area contributed by atoms with Crippen LogP contribution in [-0.2, 0) is 22.5 Å². The fourth-order valence-electron chi connectivity index (χ4n) is 3.00. The van der Waals surface area contributed by atoms with Crippen molar-refractivity contribution in [3.8, 4) is 0 Å². The third-order valence-electron chi connectivity index (χ3n) is 4.62. The number of hydrogen-bond donors (Lipinski definition) is 1. The number of morpholine rings is 1. The fourth-order valence-corrected chi connectivity index (χ4v) is 3.00. The van der Waals surface area contributed by atoms with Crippen LogP contribution >= 0.6 is 0 Å². The molecule has 1 amide bonds. The second-order valence-corrected chi connectivity index (χ2v) is 6.74. The Hall–Kier alpha value is -2.40. The summed E-state index contributed by atoms with van der Waals surface area (Å²) in [5, 5.41) is 2.98. The van der Waals surface area contributed by atoms with Crippen LogP contribution in [0.1, 0.15) is 29.5 Å². The second-order valence-electron chi connectivity index (χ2n) is 6.74. The van der Waals surface area contributed by atoms with E-state index in [1.807, 2.05) is 18.3 Å².